The zero-order valence-electron chi connectivity index (χ0n) is 26.2. The van der Waals surface area contributed by atoms with Crippen LogP contribution in [0.3, 0.4) is 0 Å². The summed E-state index contributed by atoms with van der Waals surface area (Å²) in [4.78, 5) is 45.2. The number of hydrogen-bond acceptors (Lipinski definition) is 9. The molecular formula is C33H41N9O3. The number of benzene rings is 2. The summed E-state index contributed by atoms with van der Waals surface area (Å²) in [5.74, 6) is 1.17. The maximum absolute atomic E-state index is 13.4. The summed E-state index contributed by atoms with van der Waals surface area (Å²) in [7, 11) is 5.59. The SMILES string of the molecule is C=CC(=O)Nc1cccc(N2C(=O)N(C)Cc3cnc(Nc4ccc(N5CCC(N6CCN(C)CC6)CC5)cc4OC)nc32)c1. The molecule has 2 fully saturated rings. The average molecular weight is 612 g/mol. The van der Waals surface area contributed by atoms with E-state index >= 15 is 0 Å². The lowest BCUT2D eigenvalue weighted by molar-refractivity contribution is -0.111. The van der Waals surface area contributed by atoms with Crippen LogP contribution in [0.25, 0.3) is 0 Å². The lowest BCUT2D eigenvalue weighted by Gasteiger charge is -2.42. The smallest absolute Gasteiger partial charge is 0.330 e. The monoisotopic (exact) mass is 611 g/mol. The standard InChI is InChI=1S/C33H41N9O3/c1-5-30(43)35-24-7-6-8-27(19-24)42-31-23(22-39(3)33(42)44)21-34-32(37-31)36-28-10-9-26(20-29(28)45-4)40-13-11-25(12-14-40)41-17-15-38(2)16-18-41/h5-10,19-21,25H,1,11-18,22H2,2-4H3,(H,35,43)(H,34,36,37). The van der Waals surface area contributed by atoms with Crippen LogP contribution in [0.2, 0.25) is 0 Å². The second kappa shape index (κ2) is 13.1. The van der Waals surface area contributed by atoms with Crippen molar-refractivity contribution in [3.63, 3.8) is 0 Å². The van der Waals surface area contributed by atoms with E-state index in [1.54, 1.807) is 49.5 Å². The molecule has 3 aliphatic heterocycles. The van der Waals surface area contributed by atoms with Crippen LogP contribution < -0.4 is 25.2 Å². The molecule has 3 amide bonds. The minimum absolute atomic E-state index is 0.238. The van der Waals surface area contributed by atoms with Gasteiger partial charge in [-0.2, -0.15) is 4.98 Å². The van der Waals surface area contributed by atoms with Gasteiger partial charge in [0.2, 0.25) is 11.9 Å². The molecule has 6 rings (SSSR count). The number of carbonyl (C=O) groups is 2. The number of nitrogens with one attached hydrogen (secondary N) is 2. The molecule has 2 N–H and O–H groups in total. The summed E-state index contributed by atoms with van der Waals surface area (Å²) in [6.45, 7) is 10.5. The summed E-state index contributed by atoms with van der Waals surface area (Å²) in [6, 6.07) is 13.6. The van der Waals surface area contributed by atoms with Gasteiger partial charge in [0.05, 0.1) is 25.0 Å². The molecule has 0 radical (unpaired) electrons. The molecule has 3 aliphatic rings. The highest BCUT2D eigenvalue weighted by Crippen LogP contribution is 2.37. The number of anilines is 6. The number of aromatic nitrogens is 2. The van der Waals surface area contributed by atoms with Gasteiger partial charge in [0.1, 0.15) is 5.75 Å². The molecule has 1 aromatic heterocycles. The van der Waals surface area contributed by atoms with E-state index in [9.17, 15) is 9.59 Å². The van der Waals surface area contributed by atoms with Crippen molar-refractivity contribution in [2.75, 3.05) is 80.9 Å². The van der Waals surface area contributed by atoms with Crippen molar-refractivity contribution in [1.29, 1.82) is 0 Å². The Hall–Kier alpha value is -4.68. The van der Waals surface area contributed by atoms with E-state index in [0.717, 1.165) is 69.0 Å². The minimum atomic E-state index is -0.335. The summed E-state index contributed by atoms with van der Waals surface area (Å²) >= 11 is 0. The molecule has 4 heterocycles. The fraction of sp³-hybridized carbons (Fsp3) is 0.394. The van der Waals surface area contributed by atoms with Crippen molar-refractivity contribution in [1.82, 2.24) is 24.7 Å². The Bertz CT molecular complexity index is 1560. The third kappa shape index (κ3) is 6.57. The van der Waals surface area contributed by atoms with Gasteiger partial charge < -0.3 is 30.1 Å². The fourth-order valence-corrected chi connectivity index (χ4v) is 6.27. The Kier molecular flexibility index (Phi) is 8.85. The highest BCUT2D eigenvalue weighted by Gasteiger charge is 2.32. The molecule has 236 valence electrons. The van der Waals surface area contributed by atoms with Gasteiger partial charge in [-0.05, 0) is 56.3 Å². The van der Waals surface area contributed by atoms with Crippen molar-refractivity contribution in [2.45, 2.75) is 25.4 Å². The number of likely N-dealkylation sites (N-methyl/N-ethyl adjacent to an activating group) is 1. The number of urea groups is 1. The maximum atomic E-state index is 13.4. The van der Waals surface area contributed by atoms with E-state index in [1.807, 2.05) is 6.07 Å². The van der Waals surface area contributed by atoms with Gasteiger partial charge >= 0.3 is 6.03 Å². The number of hydrogen-bond donors (Lipinski definition) is 2. The second-order valence-electron chi connectivity index (χ2n) is 11.8. The number of piperazine rings is 1. The number of rotatable bonds is 8. The first-order valence-electron chi connectivity index (χ1n) is 15.4. The number of fused-ring (bicyclic) bond motifs is 1. The largest absolute Gasteiger partial charge is 0.494 e. The predicted octanol–water partition coefficient (Wildman–Crippen LogP) is 4.27. The zero-order chi connectivity index (χ0) is 31.5. The molecule has 3 aromatic rings. The van der Waals surface area contributed by atoms with Gasteiger partial charge in [-0.25, -0.2) is 14.7 Å². The molecule has 45 heavy (non-hydrogen) atoms. The Morgan fingerprint density at radius 2 is 1.80 bits per heavy atom. The van der Waals surface area contributed by atoms with Crippen LogP contribution in [-0.4, -0.2) is 103 Å². The number of amides is 3. The molecule has 0 unspecified atom stereocenters. The van der Waals surface area contributed by atoms with Gasteiger partial charge in [0, 0.05) is 81.6 Å². The third-order valence-electron chi connectivity index (χ3n) is 8.85. The van der Waals surface area contributed by atoms with E-state index in [0.29, 0.717) is 41.5 Å². The first-order chi connectivity index (χ1) is 21.8. The van der Waals surface area contributed by atoms with Crippen molar-refractivity contribution < 1.29 is 14.3 Å². The van der Waals surface area contributed by atoms with E-state index in [4.69, 9.17) is 9.72 Å². The number of piperidine rings is 1. The lowest BCUT2D eigenvalue weighted by Crippen LogP contribution is -2.52. The molecule has 2 aromatic carbocycles. The molecule has 0 atom stereocenters. The van der Waals surface area contributed by atoms with Gasteiger partial charge in [0.25, 0.3) is 0 Å². The van der Waals surface area contributed by atoms with Crippen LogP contribution in [-0.2, 0) is 11.3 Å². The van der Waals surface area contributed by atoms with E-state index in [1.165, 1.54) is 11.0 Å². The van der Waals surface area contributed by atoms with Crippen LogP contribution >= 0.6 is 0 Å². The van der Waals surface area contributed by atoms with Crippen molar-refractivity contribution in [3.8, 4) is 5.75 Å². The molecule has 0 aliphatic carbocycles. The van der Waals surface area contributed by atoms with Gasteiger partial charge in [-0.15, -0.1) is 0 Å². The zero-order valence-corrected chi connectivity index (χ0v) is 26.2. The molecule has 12 heteroatoms. The molecule has 0 saturated carbocycles. The van der Waals surface area contributed by atoms with E-state index < -0.39 is 0 Å². The summed E-state index contributed by atoms with van der Waals surface area (Å²) in [5.41, 5.74) is 3.76. The summed E-state index contributed by atoms with van der Waals surface area (Å²) in [5, 5.41) is 6.05. The lowest BCUT2D eigenvalue weighted by atomic mass is 10.0. The average Bonchev–Trinajstić information content (AvgIpc) is 3.06. The topological polar surface area (TPSA) is 109 Å². The van der Waals surface area contributed by atoms with E-state index in [-0.39, 0.29) is 11.9 Å². The molecular weight excluding hydrogens is 570 g/mol. The minimum Gasteiger partial charge on any atom is -0.494 e. The Balaban J connectivity index is 1.19. The van der Waals surface area contributed by atoms with Gasteiger partial charge in [0.15, 0.2) is 5.82 Å². The third-order valence-corrected chi connectivity index (χ3v) is 8.85. The molecule has 12 nitrogen and oxygen atoms in total. The first kappa shape index (κ1) is 30.4. The predicted molar refractivity (Wildman–Crippen MR) is 177 cm³/mol. The normalized spacial score (nSPS) is 18.0. The van der Waals surface area contributed by atoms with Crippen LogP contribution in [0.15, 0.2) is 61.3 Å². The number of ether oxygens (including phenoxy) is 1. The Morgan fingerprint density at radius 1 is 1.02 bits per heavy atom. The van der Waals surface area contributed by atoms with Crippen LogP contribution in [0.5, 0.6) is 5.75 Å². The summed E-state index contributed by atoms with van der Waals surface area (Å²) < 4.78 is 5.79. The Morgan fingerprint density at radius 3 is 2.53 bits per heavy atom. The van der Waals surface area contributed by atoms with Gasteiger partial charge in [-0.3, -0.25) is 9.69 Å². The van der Waals surface area contributed by atoms with Crippen molar-refractivity contribution >= 4 is 46.5 Å². The highest BCUT2D eigenvalue weighted by molar-refractivity contribution is 6.03. The second-order valence-corrected chi connectivity index (χ2v) is 11.8. The van der Waals surface area contributed by atoms with Crippen molar-refractivity contribution in [2.24, 2.45) is 0 Å². The van der Waals surface area contributed by atoms with Gasteiger partial charge in [-0.1, -0.05) is 12.6 Å². The fourth-order valence-electron chi connectivity index (χ4n) is 6.27. The van der Waals surface area contributed by atoms with Crippen LogP contribution in [0.4, 0.5) is 39.3 Å². The van der Waals surface area contributed by atoms with Crippen molar-refractivity contribution in [3.05, 3.63) is 66.9 Å². The highest BCUT2D eigenvalue weighted by atomic mass is 16.5. The maximum Gasteiger partial charge on any atom is 0.330 e. The van der Waals surface area contributed by atoms with E-state index in [2.05, 4.69) is 56.1 Å². The van der Waals surface area contributed by atoms with Crippen LogP contribution in [0.1, 0.15) is 18.4 Å². The molecule has 0 spiro atoms. The molecule has 0 bridgehead atoms. The quantitative estimate of drug-likeness (QED) is 0.361. The molecule has 2 saturated heterocycles. The number of nitrogens with zero attached hydrogens (tertiary/aromatic N) is 7. The first-order valence-corrected chi connectivity index (χ1v) is 15.4. The number of carbonyl (C=O) groups excluding carboxylic acids is 2. The van der Waals surface area contributed by atoms with Crippen LogP contribution in [0, 0.1) is 0 Å². The Labute approximate surface area is 264 Å². The summed E-state index contributed by atoms with van der Waals surface area (Å²) in [6.07, 6.45) is 5.24. The number of methoxy groups -OCH3 is 1.